The lowest BCUT2D eigenvalue weighted by Gasteiger charge is -2.18. The fourth-order valence-corrected chi connectivity index (χ4v) is 1.07. The summed E-state index contributed by atoms with van der Waals surface area (Å²) in [7, 11) is 0. The summed E-state index contributed by atoms with van der Waals surface area (Å²) in [5, 5.41) is 0. The van der Waals surface area contributed by atoms with Gasteiger partial charge >= 0.3 is 0 Å². The minimum Gasteiger partial charge on any atom is -0.402 e. The molecule has 0 aromatic heterocycles. The largest absolute Gasteiger partial charge is 0.402 e. The predicted octanol–water partition coefficient (Wildman–Crippen LogP) is 0.965. The van der Waals surface area contributed by atoms with Crippen molar-refractivity contribution in [1.29, 1.82) is 0 Å². The molecule has 1 rings (SSSR count). The number of nitrogens with two attached hydrogens (primary N) is 1. The van der Waals surface area contributed by atoms with Crippen molar-refractivity contribution in [1.82, 2.24) is 0 Å². The molecule has 2 nitrogen and oxygen atoms in total. The smallest absolute Gasteiger partial charge is 0.145 e. The highest BCUT2D eigenvalue weighted by Gasteiger charge is 2.25. The number of allylic oxidation sites excluding steroid dienone is 4. The van der Waals surface area contributed by atoms with E-state index in [1.165, 1.54) is 0 Å². The van der Waals surface area contributed by atoms with Crippen LogP contribution in [0.4, 0.5) is 0 Å². The average molecular weight is 158 g/mol. The van der Waals surface area contributed by atoms with Gasteiger partial charge in [0, 0.05) is 12.1 Å². The first-order chi connectivity index (χ1) is 4.66. The highest BCUT2D eigenvalue weighted by atomic mass is 35.5. The second-order valence-electron chi connectivity index (χ2n) is 2.32. The minimum absolute atomic E-state index is 0.411. The molecule has 0 bridgehead atoms. The van der Waals surface area contributed by atoms with Gasteiger partial charge < -0.3 is 10.5 Å². The maximum Gasteiger partial charge on any atom is 0.145 e. The van der Waals surface area contributed by atoms with Crippen LogP contribution in [0.15, 0.2) is 23.9 Å². The number of halogens is 1. The number of rotatable bonds is 1. The van der Waals surface area contributed by atoms with Gasteiger partial charge in [-0.1, -0.05) is 12.2 Å². The van der Waals surface area contributed by atoms with Crippen LogP contribution in [0.25, 0.3) is 0 Å². The second-order valence-corrected chi connectivity index (χ2v) is 3.03. The van der Waals surface area contributed by atoms with E-state index in [-0.39, 0.29) is 0 Å². The summed E-state index contributed by atoms with van der Waals surface area (Å²) in [5.74, 6) is 0. The van der Waals surface area contributed by atoms with Crippen molar-refractivity contribution < 1.29 is 4.79 Å². The highest BCUT2D eigenvalue weighted by molar-refractivity contribution is 6.33. The molecule has 0 spiro atoms. The minimum atomic E-state index is -0.890. The third kappa shape index (κ3) is 1.39. The van der Waals surface area contributed by atoms with Crippen LogP contribution in [0.3, 0.4) is 0 Å². The molecule has 1 aliphatic carbocycles. The van der Waals surface area contributed by atoms with Gasteiger partial charge in [-0.2, -0.15) is 0 Å². The lowest BCUT2D eigenvalue weighted by molar-refractivity contribution is -0.109. The molecule has 0 aromatic carbocycles. The molecule has 3 heteroatoms. The average Bonchev–Trinajstić information content (AvgIpc) is 1.88. The van der Waals surface area contributed by atoms with Gasteiger partial charge in [0.15, 0.2) is 0 Å². The van der Waals surface area contributed by atoms with Crippen molar-refractivity contribution in [2.45, 2.75) is 11.3 Å². The van der Waals surface area contributed by atoms with E-state index < -0.39 is 4.87 Å². The molecule has 1 unspecified atom stereocenters. The maximum absolute atomic E-state index is 10.4. The van der Waals surface area contributed by atoms with Crippen LogP contribution < -0.4 is 5.73 Å². The molecule has 1 atom stereocenters. The molecule has 0 radical (unpaired) electrons. The van der Waals surface area contributed by atoms with Gasteiger partial charge in [-0.3, -0.25) is 0 Å². The van der Waals surface area contributed by atoms with Crippen molar-refractivity contribution in [3.05, 3.63) is 23.9 Å². The Hall–Kier alpha value is -0.760. The summed E-state index contributed by atoms with van der Waals surface area (Å²) in [4.78, 5) is 9.47. The normalized spacial score (nSPS) is 31.5. The predicted molar refractivity (Wildman–Crippen MR) is 40.7 cm³/mol. The Labute approximate surface area is 64.3 Å². The summed E-state index contributed by atoms with van der Waals surface area (Å²) in [6, 6.07) is 0. The Balaban J connectivity index is 2.80. The van der Waals surface area contributed by atoms with Crippen LogP contribution in [-0.4, -0.2) is 11.2 Å². The van der Waals surface area contributed by atoms with Crippen LogP contribution >= 0.6 is 11.6 Å². The molecule has 1 aliphatic rings. The van der Waals surface area contributed by atoms with Gasteiger partial charge in [0.05, 0.1) is 0 Å². The monoisotopic (exact) mass is 157 g/mol. The molecular weight excluding hydrogens is 150 g/mol. The van der Waals surface area contributed by atoms with E-state index in [9.17, 15) is 4.79 Å². The summed E-state index contributed by atoms with van der Waals surface area (Å²) < 4.78 is 0. The topological polar surface area (TPSA) is 43.1 Å². The standard InChI is InChI=1S/C7H8ClNO/c8-7(5-10)3-1-2-6(9)4-7/h1-3,5H,4,9H2. The van der Waals surface area contributed by atoms with Gasteiger partial charge in [-0.25, -0.2) is 0 Å². The summed E-state index contributed by atoms with van der Waals surface area (Å²) in [5.41, 5.74) is 6.10. The molecule has 10 heavy (non-hydrogen) atoms. The summed E-state index contributed by atoms with van der Waals surface area (Å²) in [6.07, 6.45) is 6.18. The number of carbonyl (C=O) groups is 1. The lowest BCUT2D eigenvalue weighted by Crippen LogP contribution is -2.25. The SMILES string of the molecule is NC1=CC=CC(Cl)(C=O)C1. The van der Waals surface area contributed by atoms with Crippen LogP contribution in [0, 0.1) is 0 Å². The third-order valence-corrected chi connectivity index (χ3v) is 1.70. The number of carbonyl (C=O) groups excluding carboxylic acids is 1. The quantitative estimate of drug-likeness (QED) is 0.455. The van der Waals surface area contributed by atoms with Gasteiger partial charge in [0.25, 0.3) is 0 Å². The van der Waals surface area contributed by atoms with Gasteiger partial charge in [0.1, 0.15) is 11.2 Å². The Morgan fingerprint density at radius 2 is 2.50 bits per heavy atom. The lowest BCUT2D eigenvalue weighted by atomic mass is 9.99. The fraction of sp³-hybridized carbons (Fsp3) is 0.286. The van der Waals surface area contributed by atoms with Gasteiger partial charge in [-0.15, -0.1) is 11.6 Å². The van der Waals surface area contributed by atoms with Crippen molar-refractivity contribution in [2.24, 2.45) is 5.73 Å². The van der Waals surface area contributed by atoms with Crippen LogP contribution in [0.5, 0.6) is 0 Å². The Morgan fingerprint density at radius 1 is 1.80 bits per heavy atom. The molecule has 0 saturated carbocycles. The Bertz CT molecular complexity index is 210. The van der Waals surface area contributed by atoms with E-state index in [0.29, 0.717) is 18.4 Å². The summed E-state index contributed by atoms with van der Waals surface area (Å²) >= 11 is 5.78. The molecular formula is C7H8ClNO. The number of aldehydes is 1. The van der Waals surface area contributed by atoms with E-state index in [1.807, 2.05) is 0 Å². The molecule has 0 fully saturated rings. The molecule has 0 heterocycles. The first kappa shape index (κ1) is 7.35. The molecule has 0 saturated heterocycles. The van der Waals surface area contributed by atoms with E-state index in [4.69, 9.17) is 17.3 Å². The molecule has 0 amide bonds. The summed E-state index contributed by atoms with van der Waals surface area (Å²) in [6.45, 7) is 0. The van der Waals surface area contributed by atoms with E-state index in [1.54, 1.807) is 18.2 Å². The van der Waals surface area contributed by atoms with Gasteiger partial charge in [-0.05, 0) is 6.08 Å². The fourth-order valence-electron chi connectivity index (χ4n) is 0.843. The molecule has 2 N–H and O–H groups in total. The number of alkyl halides is 1. The van der Waals surface area contributed by atoms with Crippen molar-refractivity contribution in [2.75, 3.05) is 0 Å². The number of hydrogen-bond donors (Lipinski definition) is 1. The third-order valence-electron chi connectivity index (χ3n) is 1.35. The zero-order chi connectivity index (χ0) is 7.61. The molecule has 0 aliphatic heterocycles. The van der Waals surface area contributed by atoms with Crippen LogP contribution in [0.2, 0.25) is 0 Å². The van der Waals surface area contributed by atoms with Crippen LogP contribution in [0.1, 0.15) is 6.42 Å². The van der Waals surface area contributed by atoms with Crippen molar-refractivity contribution in [3.63, 3.8) is 0 Å². The van der Waals surface area contributed by atoms with E-state index in [2.05, 4.69) is 0 Å². The maximum atomic E-state index is 10.4. The van der Waals surface area contributed by atoms with E-state index in [0.717, 1.165) is 0 Å². The molecule has 54 valence electrons. The zero-order valence-electron chi connectivity index (χ0n) is 5.38. The van der Waals surface area contributed by atoms with Crippen molar-refractivity contribution >= 4 is 17.9 Å². The van der Waals surface area contributed by atoms with E-state index >= 15 is 0 Å². The van der Waals surface area contributed by atoms with Crippen LogP contribution in [-0.2, 0) is 4.79 Å². The van der Waals surface area contributed by atoms with Gasteiger partial charge in [0.2, 0.25) is 0 Å². The highest BCUT2D eigenvalue weighted by Crippen LogP contribution is 2.24. The first-order valence-corrected chi connectivity index (χ1v) is 3.33. The Morgan fingerprint density at radius 3 is 2.90 bits per heavy atom. The second kappa shape index (κ2) is 2.46. The first-order valence-electron chi connectivity index (χ1n) is 2.95. The van der Waals surface area contributed by atoms with Crippen molar-refractivity contribution in [3.8, 4) is 0 Å². The number of hydrogen-bond acceptors (Lipinski definition) is 2. The Kier molecular flexibility index (Phi) is 1.81. The molecule has 0 aromatic rings. The zero-order valence-corrected chi connectivity index (χ0v) is 6.14.